The largest absolute Gasteiger partial charge is 0.354 e. The summed E-state index contributed by atoms with van der Waals surface area (Å²) in [4.78, 5) is 35.0. The molecule has 3 aliphatic rings. The summed E-state index contributed by atoms with van der Waals surface area (Å²) in [5.74, 6) is 1.07. The summed E-state index contributed by atoms with van der Waals surface area (Å²) >= 11 is 0. The number of sulfone groups is 1. The Kier molecular flexibility index (Phi) is 8.42. The minimum absolute atomic E-state index is 0.0111. The predicted octanol–water partition coefficient (Wildman–Crippen LogP) is 3.91. The van der Waals surface area contributed by atoms with E-state index in [0.29, 0.717) is 31.6 Å². The van der Waals surface area contributed by atoms with Crippen molar-refractivity contribution in [3.63, 3.8) is 0 Å². The number of carbonyl (C=O) groups is 2. The van der Waals surface area contributed by atoms with Gasteiger partial charge in [-0.25, -0.2) is 8.42 Å². The van der Waals surface area contributed by atoms with Gasteiger partial charge in [-0.15, -0.1) is 0 Å². The fraction of sp³-hybridized carbons (Fsp3) is 0.516. The molecule has 0 spiro atoms. The van der Waals surface area contributed by atoms with Gasteiger partial charge >= 0.3 is 0 Å². The number of benzene rings is 2. The van der Waals surface area contributed by atoms with Gasteiger partial charge in [0.25, 0.3) is 5.91 Å². The Morgan fingerprint density at radius 1 is 1.00 bits per heavy atom. The second-order valence-corrected chi connectivity index (χ2v) is 14.1. The summed E-state index contributed by atoms with van der Waals surface area (Å²) < 4.78 is 23.8. The van der Waals surface area contributed by atoms with Crippen LogP contribution < -0.4 is 10.2 Å². The van der Waals surface area contributed by atoms with Crippen LogP contribution in [0.1, 0.15) is 66.6 Å². The van der Waals surface area contributed by atoms with E-state index in [4.69, 9.17) is 0 Å². The van der Waals surface area contributed by atoms with Crippen LogP contribution in [0, 0.1) is 12.8 Å². The van der Waals surface area contributed by atoms with Gasteiger partial charge in [-0.1, -0.05) is 29.8 Å². The fourth-order valence-electron chi connectivity index (χ4n) is 6.02. The van der Waals surface area contributed by atoms with E-state index in [1.807, 2.05) is 45.0 Å². The number of carbonyl (C=O) groups excluding carboxylic acids is 2. The highest BCUT2D eigenvalue weighted by Gasteiger charge is 2.36. The highest BCUT2D eigenvalue weighted by atomic mass is 32.2. The smallest absolute Gasteiger partial charge is 0.278 e. The van der Waals surface area contributed by atoms with Gasteiger partial charge in [0.1, 0.15) is 5.84 Å². The number of hydrogen-bond donors (Lipinski definition) is 1. The molecular weight excluding hydrogens is 524 g/mol. The van der Waals surface area contributed by atoms with Crippen molar-refractivity contribution < 1.29 is 18.0 Å². The van der Waals surface area contributed by atoms with Crippen molar-refractivity contribution in [2.75, 3.05) is 29.5 Å². The number of aryl methyl sites for hydroxylation is 1. The first-order valence-corrected chi connectivity index (χ1v) is 16.2. The Balaban J connectivity index is 1.39. The normalized spacial score (nSPS) is 23.8. The molecule has 0 bridgehead atoms. The predicted molar refractivity (Wildman–Crippen MR) is 159 cm³/mol. The average molecular weight is 565 g/mol. The lowest BCUT2D eigenvalue weighted by Gasteiger charge is -2.36. The lowest BCUT2D eigenvalue weighted by Crippen LogP contribution is -2.44. The third kappa shape index (κ3) is 6.63. The number of hydrogen-bond acceptors (Lipinski definition) is 5. The highest BCUT2D eigenvalue weighted by molar-refractivity contribution is 7.91. The Morgan fingerprint density at radius 3 is 2.33 bits per heavy atom. The molecule has 0 radical (unpaired) electrons. The maximum atomic E-state index is 13.2. The molecule has 2 amide bonds. The van der Waals surface area contributed by atoms with Crippen molar-refractivity contribution in [1.29, 1.82) is 0 Å². The first-order valence-electron chi connectivity index (χ1n) is 14.4. The van der Waals surface area contributed by atoms with Gasteiger partial charge in [0, 0.05) is 55.3 Å². The van der Waals surface area contributed by atoms with Gasteiger partial charge < -0.3 is 10.2 Å². The quantitative estimate of drug-likeness (QED) is 0.571. The molecule has 5 rings (SSSR count). The van der Waals surface area contributed by atoms with Crippen LogP contribution in [-0.2, 0) is 27.6 Å². The molecule has 0 atom stereocenters. The lowest BCUT2D eigenvalue weighted by atomic mass is 9.84. The van der Waals surface area contributed by atoms with Crippen molar-refractivity contribution in [2.45, 2.75) is 71.5 Å². The van der Waals surface area contributed by atoms with Crippen molar-refractivity contribution in [2.24, 2.45) is 10.9 Å². The third-order valence-corrected chi connectivity index (χ3v) is 9.88. The zero-order chi connectivity index (χ0) is 28.4. The Morgan fingerprint density at radius 2 is 1.68 bits per heavy atom. The number of fused-ring (bicyclic) bond motifs is 1. The summed E-state index contributed by atoms with van der Waals surface area (Å²) in [6, 6.07) is 14.2. The topological polar surface area (TPSA) is 99.2 Å². The van der Waals surface area contributed by atoms with Crippen molar-refractivity contribution in [3.05, 3.63) is 64.7 Å². The number of amidine groups is 1. The molecule has 2 aliphatic heterocycles. The van der Waals surface area contributed by atoms with Gasteiger partial charge in [-0.05, 0) is 75.8 Å². The van der Waals surface area contributed by atoms with Crippen LogP contribution in [0.2, 0.25) is 0 Å². The van der Waals surface area contributed by atoms with Crippen LogP contribution in [0.3, 0.4) is 0 Å². The number of nitrogens with zero attached hydrogens (tertiary/aromatic N) is 3. The van der Waals surface area contributed by atoms with Crippen molar-refractivity contribution in [1.82, 2.24) is 10.2 Å². The molecule has 0 aromatic heterocycles. The van der Waals surface area contributed by atoms with E-state index in [1.54, 1.807) is 0 Å². The summed E-state index contributed by atoms with van der Waals surface area (Å²) in [6.07, 6.45) is 3.89. The van der Waals surface area contributed by atoms with Crippen LogP contribution in [0.15, 0.2) is 47.5 Å². The zero-order valence-corrected chi connectivity index (χ0v) is 24.5. The number of amides is 2. The summed E-state index contributed by atoms with van der Waals surface area (Å²) in [5.41, 5.74) is 5.01. The monoisotopic (exact) mass is 564 g/mol. The minimum Gasteiger partial charge on any atom is -0.354 e. The van der Waals surface area contributed by atoms with E-state index < -0.39 is 9.84 Å². The third-order valence-electron chi connectivity index (χ3n) is 8.27. The molecular formula is C31H40N4O4S. The molecule has 1 aliphatic carbocycles. The van der Waals surface area contributed by atoms with E-state index in [9.17, 15) is 18.0 Å². The number of aliphatic imine (C=N–C) groups is 1. The zero-order valence-electron chi connectivity index (χ0n) is 23.7. The number of rotatable bonds is 6. The van der Waals surface area contributed by atoms with Gasteiger partial charge in [0.2, 0.25) is 5.91 Å². The van der Waals surface area contributed by atoms with Gasteiger partial charge in [-0.2, -0.15) is 4.99 Å². The van der Waals surface area contributed by atoms with E-state index >= 15 is 0 Å². The lowest BCUT2D eigenvalue weighted by molar-refractivity contribution is -0.126. The van der Waals surface area contributed by atoms with Gasteiger partial charge in [-0.3, -0.25) is 14.5 Å². The van der Waals surface area contributed by atoms with E-state index in [-0.39, 0.29) is 41.3 Å². The molecule has 0 unspecified atom stereocenters. The number of nitrogens with one attached hydrogen (secondary N) is 1. The standard InChI is InChI=1S/C31H40N4O4S/c1-21(2)32-30(36)25-10-12-27(13-11-25)35-28-18-23(20-34-14-16-40(38,39)17-15-34)6-9-26(28)19-29(35)33-31(37)24-7-4-22(3)5-8-24/h4-9,18,21,25,27H,10-17,19-20H2,1-3H3,(H,32,36). The van der Waals surface area contributed by atoms with Crippen LogP contribution in [-0.4, -0.2) is 67.6 Å². The first-order chi connectivity index (χ1) is 19.1. The molecule has 1 saturated carbocycles. The fourth-order valence-corrected chi connectivity index (χ4v) is 7.30. The van der Waals surface area contributed by atoms with Crippen LogP contribution in [0.4, 0.5) is 5.69 Å². The Hall–Kier alpha value is -3.04. The molecule has 1 N–H and O–H groups in total. The molecule has 40 heavy (non-hydrogen) atoms. The maximum absolute atomic E-state index is 13.2. The van der Waals surface area contributed by atoms with Gasteiger partial charge in [0.05, 0.1) is 11.5 Å². The molecule has 8 nitrogen and oxygen atoms in total. The van der Waals surface area contributed by atoms with Gasteiger partial charge in [0.15, 0.2) is 9.84 Å². The second-order valence-electron chi connectivity index (χ2n) is 11.8. The molecule has 2 heterocycles. The van der Waals surface area contributed by atoms with Crippen LogP contribution in [0.5, 0.6) is 0 Å². The first kappa shape index (κ1) is 28.5. The van der Waals surface area contributed by atoms with E-state index in [1.165, 1.54) is 0 Å². The van der Waals surface area contributed by atoms with Crippen LogP contribution >= 0.6 is 0 Å². The molecule has 2 aromatic rings. The molecule has 9 heteroatoms. The highest BCUT2D eigenvalue weighted by Crippen LogP contribution is 2.38. The number of anilines is 1. The average Bonchev–Trinajstić information content (AvgIpc) is 3.27. The minimum atomic E-state index is -2.93. The Labute approximate surface area is 237 Å². The molecule has 2 fully saturated rings. The summed E-state index contributed by atoms with van der Waals surface area (Å²) in [7, 11) is -2.93. The summed E-state index contributed by atoms with van der Waals surface area (Å²) in [5, 5.41) is 3.06. The second kappa shape index (κ2) is 11.8. The van der Waals surface area contributed by atoms with E-state index in [0.717, 1.165) is 53.9 Å². The summed E-state index contributed by atoms with van der Waals surface area (Å²) in [6.45, 7) is 7.74. The van der Waals surface area contributed by atoms with Crippen LogP contribution in [0.25, 0.3) is 0 Å². The maximum Gasteiger partial charge on any atom is 0.278 e. The molecule has 2 aromatic carbocycles. The van der Waals surface area contributed by atoms with Crippen molar-refractivity contribution >= 4 is 33.2 Å². The Bertz CT molecular complexity index is 1380. The van der Waals surface area contributed by atoms with E-state index in [2.05, 4.69) is 38.3 Å². The SMILES string of the molecule is Cc1ccc(C(=O)N=C2Cc3ccc(CN4CCS(=O)(=O)CC4)cc3N2C2CCC(C(=O)NC(C)C)CC2)cc1. The molecule has 214 valence electrons. The molecule has 1 saturated heterocycles. The van der Waals surface area contributed by atoms with Crippen molar-refractivity contribution in [3.8, 4) is 0 Å².